The largest absolute Gasteiger partial charge is 0.482 e. The zero-order valence-electron chi connectivity index (χ0n) is 14.2. The number of ether oxygens (including phenoxy) is 3. The Bertz CT molecular complexity index is 844. The van der Waals surface area contributed by atoms with Gasteiger partial charge < -0.3 is 19.5 Å². The highest BCUT2D eigenvalue weighted by atomic mass is 35.5. The number of rotatable bonds is 9. The number of aldehydes is 1. The standard InChI is InChI=1S/C18H14ClF2NO6/c19-14-7-12(3-6-15(14)28-18(20)21)22-16(24)9-27-17(25)10-26-13-4-1-11(8-23)2-5-13/h1-8,18H,9-10H2,(H,22,24). The van der Waals surface area contributed by atoms with E-state index in [1.165, 1.54) is 42.5 Å². The van der Waals surface area contributed by atoms with Gasteiger partial charge in [0, 0.05) is 11.3 Å². The molecule has 7 nitrogen and oxygen atoms in total. The van der Waals surface area contributed by atoms with Crippen LogP contribution >= 0.6 is 11.6 Å². The predicted molar refractivity (Wildman–Crippen MR) is 95.0 cm³/mol. The molecule has 28 heavy (non-hydrogen) atoms. The molecule has 0 fully saturated rings. The number of carbonyl (C=O) groups is 3. The van der Waals surface area contributed by atoms with E-state index in [1.807, 2.05) is 0 Å². The molecule has 0 spiro atoms. The summed E-state index contributed by atoms with van der Waals surface area (Å²) in [6, 6.07) is 9.73. The molecule has 0 unspecified atom stereocenters. The lowest BCUT2D eigenvalue weighted by Crippen LogP contribution is -2.23. The number of hydrogen-bond acceptors (Lipinski definition) is 6. The summed E-state index contributed by atoms with van der Waals surface area (Å²) < 4.78 is 38.4. The Morgan fingerprint density at radius 2 is 1.82 bits per heavy atom. The Labute approximate surface area is 163 Å². The smallest absolute Gasteiger partial charge is 0.387 e. The molecule has 0 atom stereocenters. The molecule has 148 valence electrons. The van der Waals surface area contributed by atoms with Crippen LogP contribution in [0, 0.1) is 0 Å². The average molecular weight is 414 g/mol. The number of nitrogens with one attached hydrogen (secondary N) is 1. The quantitative estimate of drug-likeness (QED) is 0.501. The van der Waals surface area contributed by atoms with Crippen LogP contribution in [0.4, 0.5) is 14.5 Å². The molecule has 0 saturated carbocycles. The number of halogens is 3. The molecule has 0 heterocycles. The summed E-state index contributed by atoms with van der Waals surface area (Å²) >= 11 is 5.77. The molecule has 0 aromatic heterocycles. The minimum Gasteiger partial charge on any atom is -0.482 e. The lowest BCUT2D eigenvalue weighted by molar-refractivity contribution is -0.149. The molecule has 2 aromatic rings. The van der Waals surface area contributed by atoms with Crippen LogP contribution in [0.1, 0.15) is 10.4 Å². The third kappa shape index (κ3) is 6.84. The maximum atomic E-state index is 12.2. The van der Waals surface area contributed by atoms with Gasteiger partial charge in [-0.15, -0.1) is 0 Å². The SMILES string of the molecule is O=Cc1ccc(OCC(=O)OCC(=O)Nc2ccc(OC(F)F)c(Cl)c2)cc1. The number of alkyl halides is 2. The Morgan fingerprint density at radius 3 is 2.43 bits per heavy atom. The van der Waals surface area contributed by atoms with E-state index in [4.69, 9.17) is 21.1 Å². The fourth-order valence-electron chi connectivity index (χ4n) is 1.94. The molecule has 0 aliphatic rings. The van der Waals surface area contributed by atoms with Gasteiger partial charge in [0.25, 0.3) is 5.91 Å². The monoisotopic (exact) mass is 413 g/mol. The summed E-state index contributed by atoms with van der Waals surface area (Å²) in [4.78, 5) is 33.9. The van der Waals surface area contributed by atoms with Gasteiger partial charge in [-0.3, -0.25) is 9.59 Å². The van der Waals surface area contributed by atoms with Crippen LogP contribution in [0.2, 0.25) is 5.02 Å². The first-order valence-corrected chi connectivity index (χ1v) is 8.13. The predicted octanol–water partition coefficient (Wildman–Crippen LogP) is 3.31. The first kappa shape index (κ1) is 21.1. The number of amides is 1. The van der Waals surface area contributed by atoms with E-state index < -0.39 is 31.7 Å². The van der Waals surface area contributed by atoms with Gasteiger partial charge in [-0.2, -0.15) is 8.78 Å². The Morgan fingerprint density at radius 1 is 1.11 bits per heavy atom. The van der Waals surface area contributed by atoms with Crippen LogP contribution in [0.3, 0.4) is 0 Å². The van der Waals surface area contributed by atoms with Gasteiger partial charge in [0.05, 0.1) is 5.02 Å². The fourth-order valence-corrected chi connectivity index (χ4v) is 2.16. The first-order valence-electron chi connectivity index (χ1n) is 7.75. The summed E-state index contributed by atoms with van der Waals surface area (Å²) in [6.45, 7) is -4.04. The fraction of sp³-hybridized carbons (Fsp3) is 0.167. The summed E-state index contributed by atoms with van der Waals surface area (Å²) in [6.07, 6.45) is 0.670. The van der Waals surface area contributed by atoms with Crippen molar-refractivity contribution in [3.05, 3.63) is 53.1 Å². The minimum absolute atomic E-state index is 0.121. The molecule has 0 aliphatic heterocycles. The summed E-state index contributed by atoms with van der Waals surface area (Å²) in [5, 5.41) is 2.27. The van der Waals surface area contributed by atoms with E-state index in [1.54, 1.807) is 0 Å². The molecule has 0 radical (unpaired) electrons. The Kier molecular flexibility index (Phi) is 7.70. The molecule has 0 aliphatic carbocycles. The van der Waals surface area contributed by atoms with Crippen molar-refractivity contribution in [1.29, 1.82) is 0 Å². The molecule has 1 amide bonds. The van der Waals surface area contributed by atoms with E-state index in [9.17, 15) is 23.2 Å². The zero-order chi connectivity index (χ0) is 20.5. The number of benzene rings is 2. The molecule has 2 rings (SSSR count). The maximum Gasteiger partial charge on any atom is 0.387 e. The lowest BCUT2D eigenvalue weighted by atomic mass is 10.2. The maximum absolute atomic E-state index is 12.2. The second-order valence-electron chi connectivity index (χ2n) is 5.21. The van der Waals surface area contributed by atoms with Gasteiger partial charge in [-0.05, 0) is 42.5 Å². The molecule has 2 aromatic carbocycles. The molecular formula is C18H14ClF2NO6. The number of esters is 1. The lowest BCUT2D eigenvalue weighted by Gasteiger charge is -2.10. The van der Waals surface area contributed by atoms with Gasteiger partial charge in [0.1, 0.15) is 17.8 Å². The molecular weight excluding hydrogens is 400 g/mol. The minimum atomic E-state index is -3.03. The normalized spacial score (nSPS) is 10.3. The third-order valence-corrected chi connectivity index (χ3v) is 3.46. The Balaban J connectivity index is 1.76. The van der Waals surface area contributed by atoms with E-state index >= 15 is 0 Å². The highest BCUT2D eigenvalue weighted by molar-refractivity contribution is 6.32. The van der Waals surface area contributed by atoms with Crippen molar-refractivity contribution in [1.82, 2.24) is 0 Å². The molecule has 10 heteroatoms. The Hall–Kier alpha value is -3.20. The van der Waals surface area contributed by atoms with Crippen LogP contribution in [-0.2, 0) is 14.3 Å². The summed E-state index contributed by atoms with van der Waals surface area (Å²) in [5.74, 6) is -1.33. The zero-order valence-corrected chi connectivity index (χ0v) is 14.9. The first-order chi connectivity index (χ1) is 13.4. The number of hydrogen-bond donors (Lipinski definition) is 1. The van der Waals surface area contributed by atoms with Crippen molar-refractivity contribution in [2.45, 2.75) is 6.61 Å². The van der Waals surface area contributed by atoms with Crippen molar-refractivity contribution in [3.8, 4) is 11.5 Å². The van der Waals surface area contributed by atoms with E-state index in [0.717, 1.165) is 0 Å². The number of anilines is 1. The van der Waals surface area contributed by atoms with Crippen molar-refractivity contribution in [2.24, 2.45) is 0 Å². The third-order valence-electron chi connectivity index (χ3n) is 3.17. The van der Waals surface area contributed by atoms with Crippen LogP contribution < -0.4 is 14.8 Å². The highest BCUT2D eigenvalue weighted by Crippen LogP contribution is 2.28. The van der Waals surface area contributed by atoms with Crippen molar-refractivity contribution >= 4 is 35.5 Å². The summed E-state index contributed by atoms with van der Waals surface area (Å²) in [5.41, 5.74) is 0.666. The van der Waals surface area contributed by atoms with Gasteiger partial charge in [0.15, 0.2) is 13.2 Å². The van der Waals surface area contributed by atoms with E-state index in [2.05, 4.69) is 10.1 Å². The number of carbonyl (C=O) groups excluding carboxylic acids is 3. The van der Waals surface area contributed by atoms with Crippen molar-refractivity contribution < 1.29 is 37.4 Å². The average Bonchev–Trinajstić information content (AvgIpc) is 2.67. The van der Waals surface area contributed by atoms with Crippen molar-refractivity contribution in [3.63, 3.8) is 0 Å². The highest BCUT2D eigenvalue weighted by Gasteiger charge is 2.12. The van der Waals surface area contributed by atoms with Crippen LogP contribution in [-0.4, -0.2) is 38.0 Å². The molecule has 0 saturated heterocycles. The van der Waals surface area contributed by atoms with Gasteiger partial charge in [-0.1, -0.05) is 11.6 Å². The van der Waals surface area contributed by atoms with E-state index in [0.29, 0.717) is 17.6 Å². The van der Waals surface area contributed by atoms with Gasteiger partial charge in [0.2, 0.25) is 0 Å². The van der Waals surface area contributed by atoms with Crippen LogP contribution in [0.15, 0.2) is 42.5 Å². The van der Waals surface area contributed by atoms with E-state index in [-0.39, 0.29) is 16.5 Å². The summed E-state index contributed by atoms with van der Waals surface area (Å²) in [7, 11) is 0. The second-order valence-corrected chi connectivity index (χ2v) is 5.62. The second kappa shape index (κ2) is 10.2. The van der Waals surface area contributed by atoms with Gasteiger partial charge in [-0.25, -0.2) is 4.79 Å². The molecule has 1 N–H and O–H groups in total. The van der Waals surface area contributed by atoms with Gasteiger partial charge >= 0.3 is 12.6 Å². The van der Waals surface area contributed by atoms with Crippen LogP contribution in [0.25, 0.3) is 0 Å². The molecule has 0 bridgehead atoms. The van der Waals surface area contributed by atoms with Crippen molar-refractivity contribution in [2.75, 3.05) is 18.5 Å². The topological polar surface area (TPSA) is 90.9 Å². The van der Waals surface area contributed by atoms with Crippen LogP contribution in [0.5, 0.6) is 11.5 Å².